The van der Waals surface area contributed by atoms with Crippen LogP contribution in [0.1, 0.15) is 18.4 Å². The Morgan fingerprint density at radius 3 is 2.74 bits per heavy atom. The summed E-state index contributed by atoms with van der Waals surface area (Å²) in [7, 11) is 0. The molecule has 0 radical (unpaired) electrons. The second-order valence-corrected chi connectivity index (χ2v) is 5.84. The van der Waals surface area contributed by atoms with Gasteiger partial charge in [-0.1, -0.05) is 17.3 Å². The summed E-state index contributed by atoms with van der Waals surface area (Å²) in [6, 6.07) is 3.93. The molecule has 1 aromatic heterocycles. The van der Waals surface area contributed by atoms with Gasteiger partial charge in [0.2, 0.25) is 5.91 Å². The van der Waals surface area contributed by atoms with Crippen LogP contribution in [-0.2, 0) is 17.8 Å². The molecule has 0 N–H and O–H groups in total. The molecule has 2 heterocycles. The molecule has 0 aliphatic carbocycles. The number of likely N-dealkylation sites (tertiary alicyclic amines) is 1. The first-order valence-corrected chi connectivity index (χ1v) is 7.68. The maximum absolute atomic E-state index is 13.6. The number of nitrogens with zero attached hydrogens (tertiary/aromatic N) is 4. The summed E-state index contributed by atoms with van der Waals surface area (Å²) in [6.07, 6.45) is 5.11. The average molecular weight is 320 g/mol. The lowest BCUT2D eigenvalue weighted by Crippen LogP contribution is -2.40. The number of hydrogen-bond donors (Lipinski definition) is 0. The smallest absolute Gasteiger partial charge is 0.227 e. The van der Waals surface area contributed by atoms with Gasteiger partial charge in [0.25, 0.3) is 0 Å². The van der Waals surface area contributed by atoms with Gasteiger partial charge < -0.3 is 4.90 Å². The Morgan fingerprint density at radius 2 is 2.04 bits per heavy atom. The topological polar surface area (TPSA) is 51.0 Å². The van der Waals surface area contributed by atoms with Gasteiger partial charge in [-0.05, 0) is 24.8 Å². The molecule has 1 aromatic carbocycles. The molecular formula is C16H18F2N4O. The highest BCUT2D eigenvalue weighted by Gasteiger charge is 2.24. The van der Waals surface area contributed by atoms with Crippen LogP contribution in [0.25, 0.3) is 0 Å². The molecule has 2 aromatic rings. The third kappa shape index (κ3) is 3.72. The van der Waals surface area contributed by atoms with Crippen molar-refractivity contribution in [2.45, 2.75) is 25.8 Å². The average Bonchev–Trinajstić information content (AvgIpc) is 3.05. The molecule has 0 spiro atoms. The van der Waals surface area contributed by atoms with Crippen molar-refractivity contribution in [3.05, 3.63) is 47.8 Å². The third-order valence-corrected chi connectivity index (χ3v) is 4.26. The number of carbonyl (C=O) groups excluding carboxylic acids is 1. The normalized spacial score (nSPS) is 15.8. The zero-order chi connectivity index (χ0) is 16.2. The monoisotopic (exact) mass is 320 g/mol. The minimum absolute atomic E-state index is 0.0999. The van der Waals surface area contributed by atoms with E-state index < -0.39 is 11.6 Å². The Balaban J connectivity index is 1.53. The summed E-state index contributed by atoms with van der Waals surface area (Å²) in [5.74, 6) is -1.55. The van der Waals surface area contributed by atoms with E-state index in [1.54, 1.807) is 15.8 Å². The summed E-state index contributed by atoms with van der Waals surface area (Å²) < 4.78 is 28.6. The summed E-state index contributed by atoms with van der Waals surface area (Å²) in [4.78, 5) is 14.0. The SMILES string of the molecule is O=C(Cc1cccc(F)c1F)N1CCC(Cn2ccnn2)CC1. The van der Waals surface area contributed by atoms with Crippen molar-refractivity contribution >= 4 is 5.91 Å². The number of hydrogen-bond acceptors (Lipinski definition) is 3. The van der Waals surface area contributed by atoms with Gasteiger partial charge in [-0.3, -0.25) is 9.48 Å². The first kappa shape index (κ1) is 15.6. The van der Waals surface area contributed by atoms with E-state index in [1.165, 1.54) is 12.1 Å². The Labute approximate surface area is 132 Å². The number of carbonyl (C=O) groups is 1. The summed E-state index contributed by atoms with van der Waals surface area (Å²) in [5, 5.41) is 7.72. The second-order valence-electron chi connectivity index (χ2n) is 5.84. The first-order chi connectivity index (χ1) is 11.1. The van der Waals surface area contributed by atoms with Crippen molar-refractivity contribution in [1.82, 2.24) is 19.9 Å². The summed E-state index contributed by atoms with van der Waals surface area (Å²) in [6.45, 7) is 2.06. The van der Waals surface area contributed by atoms with Gasteiger partial charge in [0, 0.05) is 31.4 Å². The van der Waals surface area contributed by atoms with Crippen molar-refractivity contribution < 1.29 is 13.6 Å². The molecule has 23 heavy (non-hydrogen) atoms. The summed E-state index contributed by atoms with van der Waals surface area (Å²) in [5.41, 5.74) is 0.111. The van der Waals surface area contributed by atoms with Crippen molar-refractivity contribution in [2.24, 2.45) is 5.92 Å². The van der Waals surface area contributed by atoms with E-state index in [4.69, 9.17) is 0 Å². The lowest BCUT2D eigenvalue weighted by atomic mass is 9.96. The Kier molecular flexibility index (Phi) is 4.64. The first-order valence-electron chi connectivity index (χ1n) is 7.68. The lowest BCUT2D eigenvalue weighted by Gasteiger charge is -2.32. The highest BCUT2D eigenvalue weighted by Crippen LogP contribution is 2.20. The number of halogens is 2. The quantitative estimate of drug-likeness (QED) is 0.866. The molecule has 7 heteroatoms. The molecule has 122 valence electrons. The minimum atomic E-state index is -0.929. The molecule has 3 rings (SSSR count). The summed E-state index contributed by atoms with van der Waals surface area (Å²) >= 11 is 0. The Hall–Kier alpha value is -2.31. The van der Waals surface area contributed by atoms with Crippen LogP contribution in [0.3, 0.4) is 0 Å². The predicted molar refractivity (Wildman–Crippen MR) is 79.4 cm³/mol. The van der Waals surface area contributed by atoms with Gasteiger partial charge in [0.15, 0.2) is 11.6 Å². The van der Waals surface area contributed by atoms with Gasteiger partial charge in [-0.25, -0.2) is 8.78 Å². The van der Waals surface area contributed by atoms with Crippen molar-refractivity contribution in [1.29, 1.82) is 0 Å². The maximum Gasteiger partial charge on any atom is 0.227 e. The molecule has 0 saturated carbocycles. The predicted octanol–water partition coefficient (Wildman–Crippen LogP) is 2.04. The van der Waals surface area contributed by atoms with Crippen molar-refractivity contribution in [3.8, 4) is 0 Å². The molecule has 5 nitrogen and oxygen atoms in total. The minimum Gasteiger partial charge on any atom is -0.342 e. The van der Waals surface area contributed by atoms with Crippen LogP contribution in [0.15, 0.2) is 30.6 Å². The van der Waals surface area contributed by atoms with Crippen LogP contribution < -0.4 is 0 Å². The van der Waals surface area contributed by atoms with E-state index in [1.807, 2.05) is 6.20 Å². The number of amides is 1. The van der Waals surface area contributed by atoms with Crippen LogP contribution in [0.4, 0.5) is 8.78 Å². The van der Waals surface area contributed by atoms with Gasteiger partial charge >= 0.3 is 0 Å². The van der Waals surface area contributed by atoms with Crippen LogP contribution in [0.5, 0.6) is 0 Å². The molecule has 0 bridgehead atoms. The highest BCUT2D eigenvalue weighted by molar-refractivity contribution is 5.78. The fraction of sp³-hybridized carbons (Fsp3) is 0.438. The van der Waals surface area contributed by atoms with E-state index in [-0.39, 0.29) is 17.9 Å². The Morgan fingerprint density at radius 1 is 1.26 bits per heavy atom. The van der Waals surface area contributed by atoms with Crippen molar-refractivity contribution in [2.75, 3.05) is 13.1 Å². The standard InChI is InChI=1S/C16H18F2N4O/c17-14-3-1-2-13(16(14)18)10-15(23)21-7-4-12(5-8-21)11-22-9-6-19-20-22/h1-3,6,9,12H,4-5,7-8,10-11H2. The number of benzene rings is 1. The van der Waals surface area contributed by atoms with Crippen molar-refractivity contribution in [3.63, 3.8) is 0 Å². The fourth-order valence-electron chi connectivity index (χ4n) is 2.92. The van der Waals surface area contributed by atoms with Gasteiger partial charge in [0.05, 0.1) is 12.6 Å². The van der Waals surface area contributed by atoms with Gasteiger partial charge in [-0.15, -0.1) is 5.10 Å². The molecule has 1 aliphatic heterocycles. The molecule has 0 unspecified atom stereocenters. The number of aromatic nitrogens is 3. The highest BCUT2D eigenvalue weighted by atomic mass is 19.2. The second kappa shape index (κ2) is 6.85. The lowest BCUT2D eigenvalue weighted by molar-refractivity contribution is -0.132. The molecule has 1 aliphatic rings. The fourth-order valence-corrected chi connectivity index (χ4v) is 2.92. The van der Waals surface area contributed by atoms with Crippen LogP contribution in [-0.4, -0.2) is 38.9 Å². The molecule has 1 saturated heterocycles. The zero-order valence-electron chi connectivity index (χ0n) is 12.7. The molecule has 1 fully saturated rings. The van der Waals surface area contributed by atoms with E-state index in [2.05, 4.69) is 10.3 Å². The van der Waals surface area contributed by atoms with E-state index in [0.29, 0.717) is 19.0 Å². The van der Waals surface area contributed by atoms with E-state index in [9.17, 15) is 13.6 Å². The van der Waals surface area contributed by atoms with E-state index in [0.717, 1.165) is 25.5 Å². The van der Waals surface area contributed by atoms with Gasteiger partial charge in [0.1, 0.15) is 0 Å². The zero-order valence-corrected chi connectivity index (χ0v) is 12.7. The number of rotatable bonds is 4. The van der Waals surface area contributed by atoms with E-state index >= 15 is 0 Å². The van der Waals surface area contributed by atoms with Crippen LogP contribution in [0.2, 0.25) is 0 Å². The van der Waals surface area contributed by atoms with Crippen LogP contribution in [0, 0.1) is 17.6 Å². The number of piperidine rings is 1. The largest absolute Gasteiger partial charge is 0.342 e. The Bertz CT molecular complexity index is 667. The van der Waals surface area contributed by atoms with Gasteiger partial charge in [-0.2, -0.15) is 0 Å². The maximum atomic E-state index is 13.6. The third-order valence-electron chi connectivity index (χ3n) is 4.26. The molecule has 1 amide bonds. The molecule has 0 atom stereocenters. The molecular weight excluding hydrogens is 302 g/mol. The van der Waals surface area contributed by atoms with Crippen LogP contribution >= 0.6 is 0 Å².